The highest BCUT2D eigenvalue weighted by molar-refractivity contribution is 6.42. The Hall–Kier alpha value is -1.59. The molecule has 0 bridgehead atoms. The molecule has 2 aromatic carbocycles. The van der Waals surface area contributed by atoms with Crippen molar-refractivity contribution in [3.05, 3.63) is 63.6 Å². The van der Waals surface area contributed by atoms with Gasteiger partial charge in [0.1, 0.15) is 18.1 Å². The molecule has 4 nitrogen and oxygen atoms in total. The van der Waals surface area contributed by atoms with E-state index in [1.807, 2.05) is 24.3 Å². The minimum Gasteiger partial charge on any atom is -0.490 e. The zero-order valence-electron chi connectivity index (χ0n) is 17.8. The van der Waals surface area contributed by atoms with Crippen molar-refractivity contribution in [1.29, 1.82) is 0 Å². The quantitative estimate of drug-likeness (QED) is 0.506. The molecule has 0 spiro atoms. The van der Waals surface area contributed by atoms with Crippen LogP contribution in [0.5, 0.6) is 5.75 Å². The van der Waals surface area contributed by atoms with E-state index in [9.17, 15) is 4.79 Å². The second-order valence-electron chi connectivity index (χ2n) is 8.73. The first-order valence-corrected chi connectivity index (χ1v) is 12.0. The molecule has 0 amide bonds. The molecule has 0 aromatic heterocycles. The lowest BCUT2D eigenvalue weighted by Crippen LogP contribution is -2.43. The molecule has 0 radical (unpaired) electrons. The Labute approximate surface area is 195 Å². The summed E-state index contributed by atoms with van der Waals surface area (Å²) in [6, 6.07) is 13.4. The highest BCUT2D eigenvalue weighted by Gasteiger charge is 2.25. The first kappa shape index (κ1) is 22.6. The van der Waals surface area contributed by atoms with Gasteiger partial charge < -0.3 is 9.64 Å². The average molecular weight is 461 g/mol. The summed E-state index contributed by atoms with van der Waals surface area (Å²) < 4.78 is 6.12. The number of benzene rings is 2. The number of halogens is 2. The summed E-state index contributed by atoms with van der Waals surface area (Å²) in [5.74, 6) is 1.56. The van der Waals surface area contributed by atoms with E-state index in [-0.39, 0.29) is 6.10 Å². The van der Waals surface area contributed by atoms with E-state index in [0.29, 0.717) is 10.0 Å². The lowest BCUT2D eigenvalue weighted by molar-refractivity contribution is 0.0772. The van der Waals surface area contributed by atoms with Gasteiger partial charge in [-0.1, -0.05) is 47.5 Å². The van der Waals surface area contributed by atoms with Crippen LogP contribution < -0.4 is 4.74 Å². The molecule has 2 saturated heterocycles. The zero-order chi connectivity index (χ0) is 21.6. The number of carbonyl (C=O) groups is 1. The Bertz CT molecular complexity index is 876. The second-order valence-corrected chi connectivity index (χ2v) is 9.54. The van der Waals surface area contributed by atoms with Gasteiger partial charge in [-0.3, -0.25) is 9.69 Å². The van der Waals surface area contributed by atoms with Crippen LogP contribution in [0.2, 0.25) is 10.0 Å². The number of piperidine rings is 2. The minimum atomic E-state index is 0.244. The van der Waals surface area contributed by atoms with Gasteiger partial charge >= 0.3 is 0 Å². The Morgan fingerprint density at radius 1 is 0.903 bits per heavy atom. The monoisotopic (exact) mass is 460 g/mol. The predicted molar refractivity (Wildman–Crippen MR) is 126 cm³/mol. The van der Waals surface area contributed by atoms with E-state index in [2.05, 4.69) is 15.9 Å². The van der Waals surface area contributed by atoms with Crippen molar-refractivity contribution in [3.8, 4) is 5.75 Å². The topological polar surface area (TPSA) is 32.8 Å². The van der Waals surface area contributed by atoms with Crippen LogP contribution in [0.1, 0.15) is 41.6 Å². The number of carbonyl (C=O) groups excluding carboxylic acids is 1. The molecule has 6 heteroatoms. The van der Waals surface area contributed by atoms with Crippen LogP contribution in [0.4, 0.5) is 0 Å². The highest BCUT2D eigenvalue weighted by atomic mass is 35.5. The lowest BCUT2D eigenvalue weighted by Gasteiger charge is -2.37. The van der Waals surface area contributed by atoms with Crippen molar-refractivity contribution < 1.29 is 9.53 Å². The van der Waals surface area contributed by atoms with Crippen LogP contribution in [-0.2, 0) is 6.54 Å². The van der Waals surface area contributed by atoms with Crippen LogP contribution in [0.15, 0.2) is 42.5 Å². The van der Waals surface area contributed by atoms with Gasteiger partial charge in [0.15, 0.2) is 0 Å². The fraction of sp³-hybridized carbons (Fsp3) is 0.480. The number of likely N-dealkylation sites (tertiary alicyclic amines) is 2. The van der Waals surface area contributed by atoms with Crippen molar-refractivity contribution in [2.75, 3.05) is 32.7 Å². The van der Waals surface area contributed by atoms with E-state index < -0.39 is 0 Å². The van der Waals surface area contributed by atoms with Crippen LogP contribution in [-0.4, -0.2) is 54.9 Å². The lowest BCUT2D eigenvalue weighted by atomic mass is 9.94. The largest absolute Gasteiger partial charge is 0.490 e. The van der Waals surface area contributed by atoms with Gasteiger partial charge in [-0.2, -0.15) is 0 Å². The molecule has 0 saturated carbocycles. The summed E-state index contributed by atoms with van der Waals surface area (Å²) in [6.07, 6.45) is 5.75. The van der Waals surface area contributed by atoms with Gasteiger partial charge in [0.05, 0.1) is 10.0 Å². The van der Waals surface area contributed by atoms with Gasteiger partial charge in [-0.05, 0) is 62.4 Å². The molecule has 2 aliphatic heterocycles. The highest BCUT2D eigenvalue weighted by Crippen LogP contribution is 2.29. The third kappa shape index (κ3) is 6.23. The van der Waals surface area contributed by atoms with E-state index >= 15 is 0 Å². The molecule has 166 valence electrons. The van der Waals surface area contributed by atoms with Gasteiger partial charge in [0.25, 0.3) is 0 Å². The Kier molecular flexibility index (Phi) is 7.89. The molecule has 31 heavy (non-hydrogen) atoms. The molecule has 0 N–H and O–H groups in total. The SMILES string of the molecule is O=Cc1ccccc1CN1CCC(CN2CCC(Oc3ccc(Cl)c(Cl)c3)CC2)CC1. The van der Waals surface area contributed by atoms with Crippen LogP contribution in [0.25, 0.3) is 0 Å². The Morgan fingerprint density at radius 3 is 2.32 bits per heavy atom. The number of nitrogens with zero attached hydrogens (tertiary/aromatic N) is 2. The number of ether oxygens (including phenoxy) is 1. The van der Waals surface area contributed by atoms with E-state index in [1.165, 1.54) is 19.4 Å². The Morgan fingerprint density at radius 2 is 1.61 bits per heavy atom. The molecular weight excluding hydrogens is 431 g/mol. The molecule has 2 heterocycles. The summed E-state index contributed by atoms with van der Waals surface area (Å²) in [6.45, 7) is 6.43. The van der Waals surface area contributed by atoms with Crippen molar-refractivity contribution in [2.45, 2.75) is 38.3 Å². The zero-order valence-corrected chi connectivity index (χ0v) is 19.3. The molecule has 2 aliphatic rings. The summed E-state index contributed by atoms with van der Waals surface area (Å²) in [5, 5.41) is 1.10. The summed E-state index contributed by atoms with van der Waals surface area (Å²) >= 11 is 12.1. The number of aldehydes is 1. The molecule has 0 aliphatic carbocycles. The second kappa shape index (κ2) is 10.8. The standard InChI is InChI=1S/C25H30Cl2N2O2/c26-24-6-5-23(15-25(24)27)31-22-9-13-28(14-10-22)16-19-7-11-29(12-8-19)17-20-3-1-2-4-21(20)18-30/h1-6,15,18-19,22H,7-14,16-17H2. The maximum absolute atomic E-state index is 11.3. The third-order valence-corrected chi connectivity index (χ3v) is 7.27. The average Bonchev–Trinajstić information content (AvgIpc) is 2.79. The first-order valence-electron chi connectivity index (χ1n) is 11.2. The van der Waals surface area contributed by atoms with Gasteiger partial charge in [0, 0.05) is 37.8 Å². The maximum Gasteiger partial charge on any atom is 0.150 e. The van der Waals surface area contributed by atoms with Gasteiger partial charge in [-0.15, -0.1) is 0 Å². The smallest absolute Gasteiger partial charge is 0.150 e. The van der Waals surface area contributed by atoms with Crippen LogP contribution >= 0.6 is 23.2 Å². The van der Waals surface area contributed by atoms with Crippen LogP contribution in [0.3, 0.4) is 0 Å². The van der Waals surface area contributed by atoms with Crippen molar-refractivity contribution >= 4 is 29.5 Å². The third-order valence-electron chi connectivity index (χ3n) is 6.53. The Balaban J connectivity index is 1.18. The summed E-state index contributed by atoms with van der Waals surface area (Å²) in [7, 11) is 0. The molecule has 0 unspecified atom stereocenters. The number of hydrogen-bond donors (Lipinski definition) is 0. The predicted octanol–water partition coefficient (Wildman–Crippen LogP) is 5.56. The van der Waals surface area contributed by atoms with Crippen molar-refractivity contribution in [2.24, 2.45) is 5.92 Å². The molecular formula is C25H30Cl2N2O2. The summed E-state index contributed by atoms with van der Waals surface area (Å²) in [4.78, 5) is 16.3. The fourth-order valence-corrected chi connectivity index (χ4v) is 4.97. The van der Waals surface area contributed by atoms with Gasteiger partial charge in [-0.25, -0.2) is 0 Å². The number of rotatable bonds is 7. The molecule has 0 atom stereocenters. The maximum atomic E-state index is 11.3. The van der Waals surface area contributed by atoms with E-state index in [4.69, 9.17) is 27.9 Å². The van der Waals surface area contributed by atoms with Crippen LogP contribution in [0, 0.1) is 5.92 Å². The normalized spacial score (nSPS) is 19.4. The minimum absolute atomic E-state index is 0.244. The van der Waals surface area contributed by atoms with E-state index in [1.54, 1.807) is 12.1 Å². The van der Waals surface area contributed by atoms with Gasteiger partial charge in [0.2, 0.25) is 0 Å². The van der Waals surface area contributed by atoms with Crippen molar-refractivity contribution in [1.82, 2.24) is 9.80 Å². The molecule has 4 rings (SSSR count). The summed E-state index contributed by atoms with van der Waals surface area (Å²) in [5.41, 5.74) is 1.95. The van der Waals surface area contributed by atoms with E-state index in [0.717, 1.165) is 74.6 Å². The van der Waals surface area contributed by atoms with Crippen molar-refractivity contribution in [3.63, 3.8) is 0 Å². The fourth-order valence-electron chi connectivity index (χ4n) is 4.68. The molecule has 2 fully saturated rings. The first-order chi connectivity index (χ1) is 15.1. The number of hydrogen-bond acceptors (Lipinski definition) is 4. The molecule has 2 aromatic rings.